The van der Waals surface area contributed by atoms with Crippen molar-refractivity contribution in [2.45, 2.75) is 32.2 Å². The fourth-order valence-electron chi connectivity index (χ4n) is 3.38. The molecule has 4 aromatic rings. The van der Waals surface area contributed by atoms with Crippen LogP contribution in [0, 0.1) is 13.8 Å². The second kappa shape index (κ2) is 10.4. The summed E-state index contributed by atoms with van der Waals surface area (Å²) in [6, 6.07) is 17.5. The van der Waals surface area contributed by atoms with Crippen LogP contribution in [0.2, 0.25) is 0 Å². The van der Waals surface area contributed by atoms with Crippen LogP contribution in [0.3, 0.4) is 0 Å². The molecule has 8 nitrogen and oxygen atoms in total. The highest BCUT2D eigenvalue weighted by atomic mass is 32.2. The molecule has 2 heterocycles. The topological polar surface area (TPSA) is 95.1 Å². The molecule has 0 atom stereocenters. The molecule has 170 valence electrons. The number of nitrogens with zero attached hydrogens (tertiary/aromatic N) is 4. The van der Waals surface area contributed by atoms with Crippen LogP contribution in [0.25, 0.3) is 11.5 Å². The zero-order chi connectivity index (χ0) is 23.2. The molecule has 0 saturated carbocycles. The molecule has 0 bridgehead atoms. The first-order valence-electron chi connectivity index (χ1n) is 10.5. The number of aryl methyl sites for hydroxylation is 1. The van der Waals surface area contributed by atoms with Crippen molar-refractivity contribution in [2.24, 2.45) is 0 Å². The van der Waals surface area contributed by atoms with E-state index < -0.39 is 0 Å². The molecule has 1 N–H and O–H groups in total. The fourth-order valence-corrected chi connectivity index (χ4v) is 3.98. The number of methoxy groups -OCH3 is 1. The first kappa shape index (κ1) is 22.6. The van der Waals surface area contributed by atoms with Crippen molar-refractivity contribution in [1.82, 2.24) is 25.3 Å². The van der Waals surface area contributed by atoms with Crippen LogP contribution in [-0.2, 0) is 17.9 Å². The van der Waals surface area contributed by atoms with Crippen LogP contribution in [0.1, 0.15) is 22.5 Å². The standard InChI is InChI=1S/C24H25N5O3S/c1-16-21(17(2)29(28-16)14-18-7-5-4-6-8-18)13-25-22(30)15-33-24-27-26-23(32-24)19-9-11-20(31-3)12-10-19/h4-12H,13-15H2,1-3H3,(H,25,30). The summed E-state index contributed by atoms with van der Waals surface area (Å²) >= 11 is 1.20. The van der Waals surface area contributed by atoms with Gasteiger partial charge in [-0.15, -0.1) is 10.2 Å². The lowest BCUT2D eigenvalue weighted by atomic mass is 10.2. The van der Waals surface area contributed by atoms with Crippen molar-refractivity contribution in [3.63, 3.8) is 0 Å². The van der Waals surface area contributed by atoms with Gasteiger partial charge in [0.05, 0.1) is 25.1 Å². The maximum Gasteiger partial charge on any atom is 0.277 e. The molecule has 2 aromatic heterocycles. The molecule has 0 aliphatic rings. The van der Waals surface area contributed by atoms with Crippen LogP contribution >= 0.6 is 11.8 Å². The summed E-state index contributed by atoms with van der Waals surface area (Å²) in [6.07, 6.45) is 0. The summed E-state index contributed by atoms with van der Waals surface area (Å²) < 4.78 is 12.8. The normalized spacial score (nSPS) is 10.9. The SMILES string of the molecule is COc1ccc(-c2nnc(SCC(=O)NCc3c(C)nn(Cc4ccccc4)c3C)o2)cc1. The number of amides is 1. The van der Waals surface area contributed by atoms with Crippen molar-refractivity contribution < 1.29 is 13.9 Å². The van der Waals surface area contributed by atoms with E-state index in [4.69, 9.17) is 9.15 Å². The molecule has 0 saturated heterocycles. The molecule has 0 radical (unpaired) electrons. The second-order valence-corrected chi connectivity index (χ2v) is 8.39. The number of nitrogens with one attached hydrogen (secondary N) is 1. The predicted octanol–water partition coefficient (Wildman–Crippen LogP) is 4.02. The number of ether oxygens (including phenoxy) is 1. The van der Waals surface area contributed by atoms with E-state index in [0.717, 1.165) is 28.3 Å². The molecule has 1 amide bonds. The van der Waals surface area contributed by atoms with Gasteiger partial charge in [0.2, 0.25) is 11.8 Å². The zero-order valence-corrected chi connectivity index (χ0v) is 19.6. The number of thioether (sulfide) groups is 1. The fraction of sp³-hybridized carbons (Fsp3) is 0.250. The van der Waals surface area contributed by atoms with Gasteiger partial charge in [-0.05, 0) is 43.7 Å². The highest BCUT2D eigenvalue weighted by molar-refractivity contribution is 7.99. The Labute approximate surface area is 196 Å². The van der Waals surface area contributed by atoms with Crippen molar-refractivity contribution in [3.05, 3.63) is 77.1 Å². The third-order valence-electron chi connectivity index (χ3n) is 5.24. The molecule has 0 fully saturated rings. The van der Waals surface area contributed by atoms with Gasteiger partial charge < -0.3 is 14.5 Å². The van der Waals surface area contributed by atoms with Gasteiger partial charge in [0.25, 0.3) is 5.22 Å². The molecule has 0 unspecified atom stereocenters. The molecule has 9 heteroatoms. The first-order chi connectivity index (χ1) is 16.0. The largest absolute Gasteiger partial charge is 0.497 e. The Morgan fingerprint density at radius 2 is 1.85 bits per heavy atom. The Bertz CT molecular complexity index is 1220. The van der Waals surface area contributed by atoms with Gasteiger partial charge in [0.1, 0.15) is 5.75 Å². The lowest BCUT2D eigenvalue weighted by molar-refractivity contribution is -0.118. The predicted molar refractivity (Wildman–Crippen MR) is 126 cm³/mol. The molecular weight excluding hydrogens is 438 g/mol. The Morgan fingerprint density at radius 3 is 2.58 bits per heavy atom. The van der Waals surface area contributed by atoms with Gasteiger partial charge in [0, 0.05) is 23.4 Å². The lowest BCUT2D eigenvalue weighted by Gasteiger charge is -2.07. The van der Waals surface area contributed by atoms with Crippen molar-refractivity contribution in [1.29, 1.82) is 0 Å². The van der Waals surface area contributed by atoms with Crippen LogP contribution in [-0.4, -0.2) is 38.7 Å². The van der Waals surface area contributed by atoms with Gasteiger partial charge in [-0.2, -0.15) is 5.10 Å². The van der Waals surface area contributed by atoms with Crippen molar-refractivity contribution in [2.75, 3.05) is 12.9 Å². The minimum Gasteiger partial charge on any atom is -0.497 e. The number of benzene rings is 2. The Morgan fingerprint density at radius 1 is 1.09 bits per heavy atom. The molecule has 33 heavy (non-hydrogen) atoms. The van der Waals surface area contributed by atoms with E-state index in [1.165, 1.54) is 17.3 Å². The minimum atomic E-state index is -0.112. The lowest BCUT2D eigenvalue weighted by Crippen LogP contribution is -2.25. The number of carbonyl (C=O) groups is 1. The number of rotatable bonds is 9. The van der Waals surface area contributed by atoms with E-state index >= 15 is 0 Å². The van der Waals surface area contributed by atoms with Crippen molar-refractivity contribution in [3.8, 4) is 17.2 Å². The average molecular weight is 464 g/mol. The number of carbonyl (C=O) groups excluding carboxylic acids is 1. The Kier molecular flexibility index (Phi) is 7.09. The summed E-state index contributed by atoms with van der Waals surface area (Å²) in [6.45, 7) is 5.11. The van der Waals surface area contributed by atoms with Gasteiger partial charge in [0.15, 0.2) is 0 Å². The van der Waals surface area contributed by atoms with E-state index in [-0.39, 0.29) is 11.7 Å². The maximum absolute atomic E-state index is 12.4. The van der Waals surface area contributed by atoms with Crippen LogP contribution < -0.4 is 10.1 Å². The third-order valence-corrected chi connectivity index (χ3v) is 6.06. The maximum atomic E-state index is 12.4. The van der Waals surface area contributed by atoms with Gasteiger partial charge >= 0.3 is 0 Å². The quantitative estimate of drug-likeness (QED) is 0.375. The molecule has 2 aromatic carbocycles. The molecule has 0 spiro atoms. The Balaban J connectivity index is 1.30. The molecule has 0 aliphatic carbocycles. The summed E-state index contributed by atoms with van der Waals surface area (Å²) in [5.74, 6) is 1.22. The summed E-state index contributed by atoms with van der Waals surface area (Å²) in [4.78, 5) is 12.4. The van der Waals surface area contributed by atoms with Gasteiger partial charge in [-0.1, -0.05) is 42.1 Å². The average Bonchev–Trinajstić information content (AvgIpc) is 3.41. The van der Waals surface area contributed by atoms with Crippen LogP contribution in [0.5, 0.6) is 5.75 Å². The van der Waals surface area contributed by atoms with E-state index in [9.17, 15) is 4.79 Å². The minimum absolute atomic E-state index is 0.112. The monoisotopic (exact) mass is 463 g/mol. The molecular formula is C24H25N5O3S. The van der Waals surface area contributed by atoms with E-state index in [1.807, 2.05) is 61.0 Å². The summed E-state index contributed by atoms with van der Waals surface area (Å²) in [5.41, 5.74) is 4.97. The van der Waals surface area contributed by atoms with E-state index in [2.05, 4.69) is 32.7 Å². The molecule has 4 rings (SSSR count). The summed E-state index contributed by atoms with van der Waals surface area (Å²) in [5, 5.41) is 16.0. The van der Waals surface area contributed by atoms with Gasteiger partial charge in [-0.25, -0.2) is 0 Å². The number of aromatic nitrogens is 4. The van der Waals surface area contributed by atoms with Gasteiger partial charge in [-0.3, -0.25) is 9.48 Å². The number of hydrogen-bond acceptors (Lipinski definition) is 7. The summed E-state index contributed by atoms with van der Waals surface area (Å²) in [7, 11) is 1.61. The highest BCUT2D eigenvalue weighted by Crippen LogP contribution is 2.24. The Hall–Kier alpha value is -3.59. The van der Waals surface area contributed by atoms with Crippen LogP contribution in [0.4, 0.5) is 0 Å². The first-order valence-corrected chi connectivity index (χ1v) is 11.5. The third kappa shape index (κ3) is 5.61. The highest BCUT2D eigenvalue weighted by Gasteiger charge is 2.15. The zero-order valence-electron chi connectivity index (χ0n) is 18.7. The molecule has 0 aliphatic heterocycles. The number of hydrogen-bond donors (Lipinski definition) is 1. The van der Waals surface area contributed by atoms with E-state index in [1.54, 1.807) is 7.11 Å². The van der Waals surface area contributed by atoms with Crippen LogP contribution in [0.15, 0.2) is 64.2 Å². The van der Waals surface area contributed by atoms with Crippen molar-refractivity contribution >= 4 is 17.7 Å². The smallest absolute Gasteiger partial charge is 0.277 e. The second-order valence-electron chi connectivity index (χ2n) is 7.46. The van der Waals surface area contributed by atoms with E-state index in [0.29, 0.717) is 24.2 Å².